The summed E-state index contributed by atoms with van der Waals surface area (Å²) in [6, 6.07) is 7.27. The molecule has 110 valence electrons. The van der Waals surface area contributed by atoms with Crippen molar-refractivity contribution < 1.29 is 4.74 Å². The number of hydrogen-bond donors (Lipinski definition) is 1. The minimum Gasteiger partial charge on any atom is -0.372 e. The molecule has 0 saturated heterocycles. The first-order chi connectivity index (χ1) is 10.4. The van der Waals surface area contributed by atoms with Crippen LogP contribution < -0.4 is 5.32 Å². The van der Waals surface area contributed by atoms with E-state index in [-0.39, 0.29) is 0 Å². The molecule has 0 spiro atoms. The normalized spacial score (nSPS) is 17.1. The summed E-state index contributed by atoms with van der Waals surface area (Å²) < 4.78 is 5.46. The maximum absolute atomic E-state index is 5.46. The molecule has 1 aliphatic heterocycles. The summed E-state index contributed by atoms with van der Waals surface area (Å²) in [5, 5.41) is 14.4. The van der Waals surface area contributed by atoms with Crippen molar-refractivity contribution in [2.75, 3.05) is 6.54 Å². The van der Waals surface area contributed by atoms with E-state index in [1.165, 1.54) is 29.5 Å². The second-order valence-corrected chi connectivity index (χ2v) is 6.87. The van der Waals surface area contributed by atoms with E-state index >= 15 is 0 Å². The van der Waals surface area contributed by atoms with Gasteiger partial charge in [0.15, 0.2) is 0 Å². The Morgan fingerprint density at radius 3 is 3.00 bits per heavy atom. The molecular formula is C16H19N3OS. The number of fused-ring (bicyclic) bond motifs is 1. The minimum atomic E-state index is 0.724. The van der Waals surface area contributed by atoms with Gasteiger partial charge in [0.25, 0.3) is 0 Å². The summed E-state index contributed by atoms with van der Waals surface area (Å²) in [4.78, 5) is 0. The molecule has 1 aromatic heterocycles. The van der Waals surface area contributed by atoms with Crippen LogP contribution in [0.4, 0.5) is 0 Å². The zero-order valence-electron chi connectivity index (χ0n) is 12.0. The second-order valence-electron chi connectivity index (χ2n) is 5.81. The third kappa shape index (κ3) is 3.15. The summed E-state index contributed by atoms with van der Waals surface area (Å²) in [6.45, 7) is 2.56. The standard InChI is InChI=1S/C16H19N3OS/c1(7-17-14-5-6-14)2-15-18-19-16(21-15)11-3-4-12-9-20-10-13(12)8-11/h3-4,8,14,17H,1-2,5-7,9-10H2. The van der Waals surface area contributed by atoms with Crippen LogP contribution >= 0.6 is 11.3 Å². The van der Waals surface area contributed by atoms with Gasteiger partial charge in [0.05, 0.1) is 13.2 Å². The summed E-state index contributed by atoms with van der Waals surface area (Å²) in [7, 11) is 0. The maximum atomic E-state index is 5.46. The van der Waals surface area contributed by atoms with Crippen LogP contribution in [0, 0.1) is 0 Å². The number of nitrogens with one attached hydrogen (secondary N) is 1. The van der Waals surface area contributed by atoms with Crippen molar-refractivity contribution >= 4 is 11.3 Å². The Morgan fingerprint density at radius 1 is 1.19 bits per heavy atom. The molecule has 0 radical (unpaired) electrons. The molecule has 1 N–H and O–H groups in total. The lowest BCUT2D eigenvalue weighted by Gasteiger charge is -2.00. The Labute approximate surface area is 128 Å². The van der Waals surface area contributed by atoms with E-state index in [1.807, 2.05) is 0 Å². The molecule has 1 aliphatic carbocycles. The van der Waals surface area contributed by atoms with Gasteiger partial charge in [0, 0.05) is 18.0 Å². The number of aryl methyl sites for hydroxylation is 1. The average Bonchev–Trinajstić information content (AvgIpc) is 3.02. The van der Waals surface area contributed by atoms with Crippen molar-refractivity contribution in [2.24, 2.45) is 0 Å². The van der Waals surface area contributed by atoms with Crippen molar-refractivity contribution in [2.45, 2.75) is 44.9 Å². The number of nitrogens with zero attached hydrogens (tertiary/aromatic N) is 2. The van der Waals surface area contributed by atoms with Crippen LogP contribution in [-0.2, 0) is 24.4 Å². The predicted molar refractivity (Wildman–Crippen MR) is 83.2 cm³/mol. The van der Waals surface area contributed by atoms with E-state index < -0.39 is 0 Å². The fraction of sp³-hybridized carbons (Fsp3) is 0.500. The average molecular weight is 301 g/mol. The molecule has 4 rings (SSSR count). The van der Waals surface area contributed by atoms with Gasteiger partial charge in [-0.15, -0.1) is 10.2 Å². The first kappa shape index (κ1) is 13.4. The van der Waals surface area contributed by atoms with Crippen LogP contribution in [0.15, 0.2) is 18.2 Å². The lowest BCUT2D eigenvalue weighted by molar-refractivity contribution is 0.134. The van der Waals surface area contributed by atoms with Gasteiger partial charge in [-0.1, -0.05) is 23.5 Å². The Balaban J connectivity index is 1.39. The Hall–Kier alpha value is -1.30. The van der Waals surface area contributed by atoms with Gasteiger partial charge in [-0.2, -0.15) is 0 Å². The molecule has 4 nitrogen and oxygen atoms in total. The molecule has 21 heavy (non-hydrogen) atoms. The third-order valence-corrected chi connectivity index (χ3v) is 5.05. The molecule has 0 bridgehead atoms. The molecule has 1 aromatic carbocycles. The van der Waals surface area contributed by atoms with E-state index in [4.69, 9.17) is 4.74 Å². The summed E-state index contributed by atoms with van der Waals surface area (Å²) >= 11 is 1.72. The van der Waals surface area contributed by atoms with Crippen LogP contribution in [0.3, 0.4) is 0 Å². The number of aromatic nitrogens is 2. The third-order valence-electron chi connectivity index (χ3n) is 4.01. The molecule has 2 aliphatic rings. The minimum absolute atomic E-state index is 0.724. The van der Waals surface area contributed by atoms with E-state index in [9.17, 15) is 0 Å². The first-order valence-electron chi connectivity index (χ1n) is 7.64. The van der Waals surface area contributed by atoms with Crippen molar-refractivity contribution in [1.29, 1.82) is 0 Å². The van der Waals surface area contributed by atoms with E-state index in [0.29, 0.717) is 0 Å². The highest BCUT2D eigenvalue weighted by atomic mass is 32.1. The summed E-state index contributed by atoms with van der Waals surface area (Å²) in [6.07, 6.45) is 4.87. The van der Waals surface area contributed by atoms with Gasteiger partial charge in [0.1, 0.15) is 10.0 Å². The highest BCUT2D eigenvalue weighted by molar-refractivity contribution is 7.14. The van der Waals surface area contributed by atoms with Gasteiger partial charge < -0.3 is 10.1 Å². The zero-order chi connectivity index (χ0) is 14.1. The molecule has 2 aromatic rings. The fourth-order valence-electron chi connectivity index (χ4n) is 2.61. The van der Waals surface area contributed by atoms with E-state index in [2.05, 4.69) is 33.7 Å². The smallest absolute Gasteiger partial charge is 0.147 e. The quantitative estimate of drug-likeness (QED) is 0.833. The molecule has 1 fully saturated rings. The van der Waals surface area contributed by atoms with Crippen molar-refractivity contribution in [3.8, 4) is 10.6 Å². The number of benzene rings is 1. The zero-order valence-corrected chi connectivity index (χ0v) is 12.8. The molecule has 0 unspecified atom stereocenters. The van der Waals surface area contributed by atoms with Gasteiger partial charge >= 0.3 is 0 Å². The summed E-state index contributed by atoms with van der Waals surface area (Å²) in [5.74, 6) is 0. The molecular weight excluding hydrogens is 282 g/mol. The molecule has 2 heterocycles. The van der Waals surface area contributed by atoms with Crippen LogP contribution in [0.25, 0.3) is 10.6 Å². The number of rotatable bonds is 6. The molecule has 0 amide bonds. The predicted octanol–water partition coefficient (Wildman–Crippen LogP) is 2.92. The van der Waals surface area contributed by atoms with Gasteiger partial charge in [0.2, 0.25) is 0 Å². The lowest BCUT2D eigenvalue weighted by atomic mass is 10.1. The van der Waals surface area contributed by atoms with Crippen LogP contribution in [0.5, 0.6) is 0 Å². The lowest BCUT2D eigenvalue weighted by Crippen LogP contribution is -2.17. The van der Waals surface area contributed by atoms with Gasteiger partial charge in [-0.25, -0.2) is 0 Å². The van der Waals surface area contributed by atoms with Crippen molar-refractivity contribution in [1.82, 2.24) is 15.5 Å². The van der Waals surface area contributed by atoms with Gasteiger partial charge in [-0.3, -0.25) is 0 Å². The van der Waals surface area contributed by atoms with Crippen LogP contribution in [-0.4, -0.2) is 22.8 Å². The van der Waals surface area contributed by atoms with Crippen molar-refractivity contribution in [3.63, 3.8) is 0 Å². The molecule has 5 heteroatoms. The number of hydrogen-bond acceptors (Lipinski definition) is 5. The van der Waals surface area contributed by atoms with E-state index in [0.717, 1.165) is 48.7 Å². The Bertz CT molecular complexity index is 636. The summed E-state index contributed by atoms with van der Waals surface area (Å²) in [5.41, 5.74) is 3.76. The van der Waals surface area contributed by atoms with Crippen LogP contribution in [0.2, 0.25) is 0 Å². The van der Waals surface area contributed by atoms with Crippen molar-refractivity contribution in [3.05, 3.63) is 34.3 Å². The molecule has 0 atom stereocenters. The van der Waals surface area contributed by atoms with Crippen LogP contribution in [0.1, 0.15) is 35.4 Å². The Morgan fingerprint density at radius 2 is 2.10 bits per heavy atom. The largest absolute Gasteiger partial charge is 0.372 e. The Kier molecular flexibility index (Phi) is 3.71. The highest BCUT2D eigenvalue weighted by Crippen LogP contribution is 2.29. The molecule has 1 saturated carbocycles. The number of ether oxygens (including phenoxy) is 1. The topological polar surface area (TPSA) is 47.0 Å². The first-order valence-corrected chi connectivity index (χ1v) is 8.46. The monoisotopic (exact) mass is 301 g/mol. The SMILES string of the molecule is c1cc2c(cc1-c1nnc(CCCNC3CC3)s1)COC2. The second kappa shape index (κ2) is 5.83. The maximum Gasteiger partial charge on any atom is 0.147 e. The van der Waals surface area contributed by atoms with E-state index in [1.54, 1.807) is 11.3 Å². The highest BCUT2D eigenvalue weighted by Gasteiger charge is 2.19. The van der Waals surface area contributed by atoms with Gasteiger partial charge in [-0.05, 0) is 43.0 Å². The fourth-order valence-corrected chi connectivity index (χ4v) is 3.49.